The summed E-state index contributed by atoms with van der Waals surface area (Å²) in [6.45, 7) is 4.49. The molecule has 0 saturated carbocycles. The van der Waals surface area contributed by atoms with Gasteiger partial charge in [-0.25, -0.2) is 4.98 Å². The molecule has 8 heteroatoms. The number of carbonyl (C=O) groups is 2. The zero-order valence-corrected chi connectivity index (χ0v) is 21.5. The van der Waals surface area contributed by atoms with Crippen LogP contribution in [0.4, 0.5) is 5.13 Å². The topological polar surface area (TPSA) is 89.0 Å². The van der Waals surface area contributed by atoms with Crippen molar-refractivity contribution in [2.24, 2.45) is 0 Å². The Morgan fingerprint density at radius 2 is 1.84 bits per heavy atom. The van der Waals surface area contributed by atoms with Crippen molar-refractivity contribution >= 4 is 44.1 Å². The number of hydrogen-bond donors (Lipinski definition) is 1. The van der Waals surface area contributed by atoms with Gasteiger partial charge in [-0.1, -0.05) is 60.2 Å². The number of thiazole rings is 1. The van der Waals surface area contributed by atoms with E-state index in [0.717, 1.165) is 16.7 Å². The summed E-state index contributed by atoms with van der Waals surface area (Å²) < 4.78 is 12.0. The van der Waals surface area contributed by atoms with Crippen molar-refractivity contribution < 1.29 is 24.2 Å². The first kappa shape index (κ1) is 24.5. The van der Waals surface area contributed by atoms with Gasteiger partial charge < -0.3 is 14.6 Å². The Kier molecular flexibility index (Phi) is 6.67. The highest BCUT2D eigenvalue weighted by Gasteiger charge is 2.48. The molecule has 4 aromatic rings. The highest BCUT2D eigenvalue weighted by Crippen LogP contribution is 2.45. The van der Waals surface area contributed by atoms with Crippen molar-refractivity contribution in [3.05, 3.63) is 89.0 Å². The largest absolute Gasteiger partial charge is 0.507 e. The van der Waals surface area contributed by atoms with Crippen LogP contribution in [-0.4, -0.2) is 35.5 Å². The summed E-state index contributed by atoms with van der Waals surface area (Å²) in [7, 11) is 1.58. The van der Waals surface area contributed by atoms with Crippen LogP contribution in [0.2, 0.25) is 0 Å². The van der Waals surface area contributed by atoms with Crippen molar-refractivity contribution in [3.63, 3.8) is 0 Å². The van der Waals surface area contributed by atoms with Gasteiger partial charge in [0.15, 0.2) is 5.13 Å². The Morgan fingerprint density at radius 1 is 1.05 bits per heavy atom. The number of Topliss-reactive ketones (excluding diaryl/α,β-unsaturated/α-hetero) is 1. The van der Waals surface area contributed by atoms with Crippen LogP contribution < -0.4 is 14.4 Å². The number of fused-ring (bicyclic) bond motifs is 1. The number of rotatable bonds is 7. The van der Waals surface area contributed by atoms with Gasteiger partial charge in [0.1, 0.15) is 17.3 Å². The van der Waals surface area contributed by atoms with Crippen LogP contribution in [-0.2, 0) is 9.59 Å². The second-order valence-corrected chi connectivity index (χ2v) is 9.80. The average Bonchev–Trinajstić information content (AvgIpc) is 3.45. The predicted molar refractivity (Wildman–Crippen MR) is 144 cm³/mol. The molecule has 0 spiro atoms. The molecule has 1 atom stereocenters. The summed E-state index contributed by atoms with van der Waals surface area (Å²) in [5, 5.41) is 11.7. The second kappa shape index (κ2) is 10.1. The van der Waals surface area contributed by atoms with Gasteiger partial charge >= 0.3 is 5.91 Å². The van der Waals surface area contributed by atoms with Crippen LogP contribution in [0.1, 0.15) is 36.1 Å². The van der Waals surface area contributed by atoms with E-state index in [2.05, 4.69) is 4.98 Å². The molecule has 3 aromatic carbocycles. The molecule has 0 radical (unpaired) electrons. The number of benzene rings is 3. The van der Waals surface area contributed by atoms with Crippen LogP contribution in [0.5, 0.6) is 11.5 Å². The van der Waals surface area contributed by atoms with Gasteiger partial charge in [0.05, 0.1) is 35.5 Å². The van der Waals surface area contributed by atoms with E-state index in [4.69, 9.17) is 9.47 Å². The molecule has 1 aromatic heterocycles. The lowest BCUT2D eigenvalue weighted by atomic mass is 9.95. The number of ketones is 1. The third-order valence-corrected chi connectivity index (χ3v) is 7.22. The predicted octanol–water partition coefficient (Wildman–Crippen LogP) is 6.03. The molecule has 2 heterocycles. The first-order valence-corrected chi connectivity index (χ1v) is 12.8. The van der Waals surface area contributed by atoms with Crippen molar-refractivity contribution in [1.82, 2.24) is 4.98 Å². The number of anilines is 1. The number of aromatic nitrogens is 1. The number of aliphatic hydroxyl groups excluding tert-OH is 1. The van der Waals surface area contributed by atoms with E-state index in [1.807, 2.05) is 56.3 Å². The molecular formula is C29H26N2O5S. The normalized spacial score (nSPS) is 16.9. The Balaban J connectivity index is 1.69. The summed E-state index contributed by atoms with van der Waals surface area (Å²) in [5.41, 5.74) is 2.80. The first-order chi connectivity index (χ1) is 17.9. The minimum Gasteiger partial charge on any atom is -0.507 e. The summed E-state index contributed by atoms with van der Waals surface area (Å²) in [6.07, 6.45) is 0.839. The fourth-order valence-electron chi connectivity index (χ4n) is 4.33. The Hall–Kier alpha value is -4.17. The third kappa shape index (κ3) is 4.56. The SMILES string of the molecule is CCCOc1cccc([C@H]2/C(=C(\O)c3ccc(C)cc3)C(=O)C(=O)N2c2nc3ccc(OC)cc3s2)c1. The van der Waals surface area contributed by atoms with Gasteiger partial charge in [-0.2, -0.15) is 0 Å². The van der Waals surface area contributed by atoms with Crippen molar-refractivity contribution in [3.8, 4) is 11.5 Å². The first-order valence-electron chi connectivity index (χ1n) is 12.0. The highest BCUT2D eigenvalue weighted by molar-refractivity contribution is 7.22. The van der Waals surface area contributed by atoms with E-state index in [0.29, 0.717) is 39.9 Å². The maximum Gasteiger partial charge on any atom is 0.301 e. The van der Waals surface area contributed by atoms with Gasteiger partial charge in [0.2, 0.25) is 0 Å². The fraction of sp³-hybridized carbons (Fsp3) is 0.207. The molecule has 5 rings (SSSR count). The lowest BCUT2D eigenvalue weighted by Gasteiger charge is -2.23. The van der Waals surface area contributed by atoms with Crippen molar-refractivity contribution in [2.45, 2.75) is 26.3 Å². The molecule has 1 N–H and O–H groups in total. The molecule has 1 saturated heterocycles. The molecule has 1 amide bonds. The van der Waals surface area contributed by atoms with Crippen LogP contribution >= 0.6 is 11.3 Å². The molecule has 1 fully saturated rings. The number of nitrogens with zero attached hydrogens (tertiary/aromatic N) is 2. The molecule has 0 unspecified atom stereocenters. The lowest BCUT2D eigenvalue weighted by molar-refractivity contribution is -0.132. The Morgan fingerprint density at radius 3 is 2.57 bits per heavy atom. The minimum atomic E-state index is -0.881. The monoisotopic (exact) mass is 514 g/mol. The molecule has 0 aliphatic carbocycles. The van der Waals surface area contributed by atoms with Crippen LogP contribution in [0, 0.1) is 6.92 Å². The van der Waals surface area contributed by atoms with Crippen LogP contribution in [0.15, 0.2) is 72.3 Å². The quantitative estimate of drug-likeness (QED) is 0.184. The summed E-state index contributed by atoms with van der Waals surface area (Å²) in [6, 6.07) is 19.0. The van der Waals surface area contributed by atoms with Crippen molar-refractivity contribution in [1.29, 1.82) is 0 Å². The van der Waals surface area contributed by atoms with E-state index in [1.165, 1.54) is 16.2 Å². The second-order valence-electron chi connectivity index (χ2n) is 8.79. The fourth-order valence-corrected chi connectivity index (χ4v) is 5.35. The zero-order chi connectivity index (χ0) is 26.1. The van der Waals surface area contributed by atoms with Crippen LogP contribution in [0.3, 0.4) is 0 Å². The number of aryl methyl sites for hydroxylation is 1. The zero-order valence-electron chi connectivity index (χ0n) is 20.7. The van der Waals surface area contributed by atoms with Crippen LogP contribution in [0.25, 0.3) is 16.0 Å². The lowest BCUT2D eigenvalue weighted by Crippen LogP contribution is -2.29. The van der Waals surface area contributed by atoms with Gasteiger partial charge in [0, 0.05) is 5.56 Å². The molecule has 188 valence electrons. The summed E-state index contributed by atoms with van der Waals surface area (Å²) in [4.78, 5) is 33.0. The van der Waals surface area contributed by atoms with E-state index in [1.54, 1.807) is 31.4 Å². The van der Waals surface area contributed by atoms with E-state index < -0.39 is 17.7 Å². The number of aliphatic hydroxyl groups is 1. The standard InChI is InChI=1S/C29H26N2O5S/c1-4-14-36-21-7-5-6-19(15-21)25-24(26(32)18-10-8-17(2)9-11-18)27(33)28(34)31(25)29-30-22-13-12-20(35-3)16-23(22)37-29/h5-13,15-16,25,32H,4,14H2,1-3H3/b26-24+/t25-/m0/s1. The Labute approximate surface area is 218 Å². The summed E-state index contributed by atoms with van der Waals surface area (Å²) in [5.74, 6) is -0.450. The molecule has 0 bridgehead atoms. The summed E-state index contributed by atoms with van der Waals surface area (Å²) >= 11 is 1.28. The van der Waals surface area contributed by atoms with Gasteiger partial charge in [-0.05, 0) is 49.2 Å². The van der Waals surface area contributed by atoms with E-state index >= 15 is 0 Å². The number of methoxy groups -OCH3 is 1. The molecule has 7 nitrogen and oxygen atoms in total. The minimum absolute atomic E-state index is 0.0123. The van der Waals surface area contributed by atoms with E-state index in [-0.39, 0.29) is 11.3 Å². The number of ether oxygens (including phenoxy) is 2. The highest BCUT2D eigenvalue weighted by atomic mass is 32.1. The average molecular weight is 515 g/mol. The van der Waals surface area contributed by atoms with Crippen molar-refractivity contribution in [2.75, 3.05) is 18.6 Å². The Bertz CT molecular complexity index is 1520. The van der Waals surface area contributed by atoms with Gasteiger partial charge in [0.25, 0.3) is 5.78 Å². The molecule has 37 heavy (non-hydrogen) atoms. The van der Waals surface area contributed by atoms with Gasteiger partial charge in [-0.15, -0.1) is 0 Å². The molecule has 1 aliphatic rings. The smallest absolute Gasteiger partial charge is 0.301 e. The molecule has 1 aliphatic heterocycles. The number of amides is 1. The maximum atomic E-state index is 13.5. The third-order valence-electron chi connectivity index (χ3n) is 6.21. The van der Waals surface area contributed by atoms with E-state index in [9.17, 15) is 14.7 Å². The molecular weight excluding hydrogens is 488 g/mol. The van der Waals surface area contributed by atoms with Gasteiger partial charge in [-0.3, -0.25) is 14.5 Å². The number of hydrogen-bond acceptors (Lipinski definition) is 7. The maximum absolute atomic E-state index is 13.5. The number of carbonyl (C=O) groups excluding carboxylic acids is 2.